The second-order valence-corrected chi connectivity index (χ2v) is 12.8. The highest BCUT2D eigenvalue weighted by Gasteiger charge is 2.17. The molecule has 0 N–H and O–H groups in total. The molecule has 3 aromatic heterocycles. The lowest BCUT2D eigenvalue weighted by molar-refractivity contribution is 1.07. The molecule has 49 heavy (non-hydrogen) atoms. The van der Waals surface area contributed by atoms with Crippen molar-refractivity contribution in [3.63, 3.8) is 0 Å². The van der Waals surface area contributed by atoms with Crippen LogP contribution in [0.2, 0.25) is 0 Å². The van der Waals surface area contributed by atoms with Gasteiger partial charge in [0.1, 0.15) is 5.01 Å². The van der Waals surface area contributed by atoms with Crippen molar-refractivity contribution in [1.82, 2.24) is 24.9 Å². The second kappa shape index (κ2) is 12.3. The van der Waals surface area contributed by atoms with Crippen LogP contribution in [0.25, 0.3) is 88.1 Å². The molecule has 0 atom stereocenters. The number of benzene rings is 6. The van der Waals surface area contributed by atoms with E-state index >= 15 is 0 Å². The molecule has 0 saturated carbocycles. The van der Waals surface area contributed by atoms with Crippen LogP contribution < -0.4 is 0 Å². The summed E-state index contributed by atoms with van der Waals surface area (Å²) < 4.78 is 1.13. The number of hydrogen-bond acceptors (Lipinski definition) is 6. The molecule has 0 fully saturated rings. The van der Waals surface area contributed by atoms with Crippen molar-refractivity contribution in [3.05, 3.63) is 164 Å². The van der Waals surface area contributed by atoms with Crippen LogP contribution in [0.1, 0.15) is 0 Å². The largest absolute Gasteiger partial charge is 0.256 e. The van der Waals surface area contributed by atoms with Gasteiger partial charge in [-0.25, -0.2) is 19.9 Å². The number of pyridine rings is 1. The Balaban J connectivity index is 1.17. The predicted molar refractivity (Wildman–Crippen MR) is 201 cm³/mol. The molecule has 9 aromatic rings. The van der Waals surface area contributed by atoms with Crippen molar-refractivity contribution in [2.75, 3.05) is 0 Å². The Morgan fingerprint density at radius 2 is 0.918 bits per heavy atom. The van der Waals surface area contributed by atoms with Gasteiger partial charge in [0.2, 0.25) is 0 Å². The molecule has 0 saturated heterocycles. The van der Waals surface area contributed by atoms with Crippen LogP contribution >= 0.6 is 11.3 Å². The molecule has 0 aliphatic carbocycles. The molecule has 9 rings (SSSR count). The molecule has 6 aromatic carbocycles. The summed E-state index contributed by atoms with van der Waals surface area (Å²) in [5, 5.41) is 2.10. The van der Waals surface area contributed by atoms with E-state index in [9.17, 15) is 0 Å². The van der Waals surface area contributed by atoms with Gasteiger partial charge in [0.25, 0.3) is 0 Å². The van der Waals surface area contributed by atoms with E-state index < -0.39 is 0 Å². The van der Waals surface area contributed by atoms with Gasteiger partial charge in [0, 0.05) is 45.0 Å². The van der Waals surface area contributed by atoms with E-state index in [0.717, 1.165) is 70.6 Å². The van der Waals surface area contributed by atoms with E-state index in [1.165, 1.54) is 0 Å². The van der Waals surface area contributed by atoms with Crippen LogP contribution in [0.15, 0.2) is 164 Å². The first-order valence-electron chi connectivity index (χ1n) is 16.1. The van der Waals surface area contributed by atoms with Gasteiger partial charge in [0.15, 0.2) is 17.5 Å². The molecule has 3 heterocycles. The van der Waals surface area contributed by atoms with Gasteiger partial charge >= 0.3 is 0 Å². The maximum Gasteiger partial charge on any atom is 0.164 e. The average molecular weight is 646 g/mol. The quantitative estimate of drug-likeness (QED) is 0.180. The summed E-state index contributed by atoms with van der Waals surface area (Å²) in [4.78, 5) is 24.7. The molecule has 0 radical (unpaired) electrons. The molecule has 0 aliphatic heterocycles. The normalized spacial score (nSPS) is 11.3. The number of aromatic nitrogens is 5. The molecule has 0 bridgehead atoms. The van der Waals surface area contributed by atoms with Gasteiger partial charge in [-0.1, -0.05) is 140 Å². The predicted octanol–water partition coefficient (Wildman–Crippen LogP) is 11.0. The fourth-order valence-corrected chi connectivity index (χ4v) is 7.21. The summed E-state index contributed by atoms with van der Waals surface area (Å²) in [6.07, 6.45) is 1.86. The highest BCUT2D eigenvalue weighted by atomic mass is 32.1. The Morgan fingerprint density at radius 3 is 1.55 bits per heavy atom. The number of thiazole rings is 1. The summed E-state index contributed by atoms with van der Waals surface area (Å²) in [5.74, 6) is 1.92. The molecule has 0 spiro atoms. The highest BCUT2D eigenvalue weighted by molar-refractivity contribution is 7.21. The molecule has 0 unspecified atom stereocenters. The van der Waals surface area contributed by atoms with Crippen LogP contribution in [0.4, 0.5) is 0 Å². The number of nitrogens with zero attached hydrogens (tertiary/aromatic N) is 5. The van der Waals surface area contributed by atoms with Crippen LogP contribution in [0.3, 0.4) is 0 Å². The topological polar surface area (TPSA) is 64.5 Å². The fourth-order valence-electron chi connectivity index (χ4n) is 6.18. The van der Waals surface area contributed by atoms with Crippen LogP contribution in [-0.4, -0.2) is 24.9 Å². The maximum absolute atomic E-state index is 5.19. The summed E-state index contributed by atoms with van der Waals surface area (Å²) in [7, 11) is 0. The van der Waals surface area contributed by atoms with Gasteiger partial charge in [-0.15, -0.1) is 11.3 Å². The standard InChI is InChI=1S/C43H27N5S/c1-4-12-30(13-5-1)40-46-41(31-14-6-2-7-15-31)48-42(47-40)32-23-21-28(22-24-32)34-26-36(35-20-10-18-29-19-11-25-44-38(29)35)39-37(27-34)49-43(45-39)33-16-8-3-9-17-33/h1-27H. The smallest absolute Gasteiger partial charge is 0.164 e. The van der Waals surface area contributed by atoms with Gasteiger partial charge in [0.05, 0.1) is 15.7 Å². The lowest BCUT2D eigenvalue weighted by Gasteiger charge is -2.11. The zero-order valence-electron chi connectivity index (χ0n) is 26.2. The third-order valence-corrected chi connectivity index (χ3v) is 9.67. The Bertz CT molecular complexity index is 2520. The molecule has 0 amide bonds. The number of para-hydroxylation sites is 1. The van der Waals surface area contributed by atoms with Crippen molar-refractivity contribution in [2.45, 2.75) is 0 Å². The fraction of sp³-hybridized carbons (Fsp3) is 0. The number of rotatable bonds is 6. The third-order valence-electron chi connectivity index (χ3n) is 8.61. The van der Waals surface area contributed by atoms with Gasteiger partial charge in [-0.3, -0.25) is 4.98 Å². The van der Waals surface area contributed by atoms with Crippen LogP contribution in [-0.2, 0) is 0 Å². The Labute approximate surface area is 287 Å². The molecule has 0 aliphatic rings. The zero-order chi connectivity index (χ0) is 32.6. The van der Waals surface area contributed by atoms with E-state index in [4.69, 9.17) is 24.9 Å². The average Bonchev–Trinajstić information content (AvgIpc) is 3.63. The van der Waals surface area contributed by atoms with Crippen molar-refractivity contribution >= 4 is 32.5 Å². The lowest BCUT2D eigenvalue weighted by Crippen LogP contribution is -2.00. The van der Waals surface area contributed by atoms with E-state index in [-0.39, 0.29) is 0 Å². The Kier molecular flexibility index (Phi) is 7.26. The maximum atomic E-state index is 5.19. The summed E-state index contributed by atoms with van der Waals surface area (Å²) in [6.45, 7) is 0. The van der Waals surface area contributed by atoms with Gasteiger partial charge in [-0.2, -0.15) is 0 Å². The number of hydrogen-bond donors (Lipinski definition) is 0. The first-order valence-corrected chi connectivity index (χ1v) is 16.9. The SMILES string of the molecule is c1ccc(-c2nc(-c3ccccc3)nc(-c3ccc(-c4cc(-c5cccc6cccnc56)c5nc(-c6ccccc6)sc5c4)cc3)n2)cc1. The zero-order valence-corrected chi connectivity index (χ0v) is 27.0. The van der Waals surface area contributed by atoms with E-state index in [2.05, 4.69) is 84.9 Å². The highest BCUT2D eigenvalue weighted by Crippen LogP contribution is 2.41. The molecule has 5 nitrogen and oxygen atoms in total. The minimum Gasteiger partial charge on any atom is -0.256 e. The van der Waals surface area contributed by atoms with Crippen molar-refractivity contribution in [3.8, 4) is 67.0 Å². The lowest BCUT2D eigenvalue weighted by atomic mass is 9.96. The minimum atomic E-state index is 0.632. The monoisotopic (exact) mass is 645 g/mol. The molecule has 6 heteroatoms. The second-order valence-electron chi connectivity index (χ2n) is 11.8. The summed E-state index contributed by atoms with van der Waals surface area (Å²) in [5.41, 5.74) is 10.2. The first-order chi connectivity index (χ1) is 24.3. The summed E-state index contributed by atoms with van der Waals surface area (Å²) >= 11 is 1.71. The van der Waals surface area contributed by atoms with Crippen molar-refractivity contribution in [2.24, 2.45) is 0 Å². The van der Waals surface area contributed by atoms with Gasteiger partial charge < -0.3 is 0 Å². The van der Waals surface area contributed by atoms with Crippen molar-refractivity contribution < 1.29 is 0 Å². The Hall–Kier alpha value is -6.37. The molecular formula is C43H27N5S. The first kappa shape index (κ1) is 28.8. The number of fused-ring (bicyclic) bond motifs is 2. The Morgan fingerprint density at radius 1 is 0.367 bits per heavy atom. The van der Waals surface area contributed by atoms with E-state index in [1.54, 1.807) is 11.3 Å². The molecular weight excluding hydrogens is 619 g/mol. The third kappa shape index (κ3) is 5.54. The van der Waals surface area contributed by atoms with E-state index in [1.807, 2.05) is 79.0 Å². The molecule has 230 valence electrons. The van der Waals surface area contributed by atoms with Crippen LogP contribution in [0.5, 0.6) is 0 Å². The van der Waals surface area contributed by atoms with E-state index in [0.29, 0.717) is 17.5 Å². The van der Waals surface area contributed by atoms with Crippen LogP contribution in [0, 0.1) is 0 Å². The van der Waals surface area contributed by atoms with Crippen molar-refractivity contribution in [1.29, 1.82) is 0 Å². The van der Waals surface area contributed by atoms with Gasteiger partial charge in [-0.05, 0) is 29.3 Å². The summed E-state index contributed by atoms with van der Waals surface area (Å²) in [6, 6.07) is 53.9. The minimum absolute atomic E-state index is 0.632.